The lowest BCUT2D eigenvalue weighted by atomic mass is 9.88. The average Bonchev–Trinajstić information content (AvgIpc) is 3.34. The Hall–Kier alpha value is -2.44. The Kier molecular flexibility index (Phi) is 8.94. The number of amides is 1. The Bertz CT molecular complexity index is 889. The molecule has 2 saturated heterocycles. The molecule has 1 amide bonds. The van der Waals surface area contributed by atoms with Crippen molar-refractivity contribution in [3.8, 4) is 5.75 Å². The fourth-order valence-electron chi connectivity index (χ4n) is 5.39. The van der Waals surface area contributed by atoms with E-state index in [-0.39, 0.29) is 11.8 Å². The van der Waals surface area contributed by atoms with Gasteiger partial charge in [0.15, 0.2) is 0 Å². The molecular weight excluding hydrogens is 424 g/mol. The van der Waals surface area contributed by atoms with Gasteiger partial charge in [-0.25, -0.2) is 0 Å². The maximum atomic E-state index is 13.2. The number of hydrogen-bond donors (Lipinski definition) is 1. The van der Waals surface area contributed by atoms with Crippen LogP contribution in [0.4, 0.5) is 0 Å². The first-order valence-corrected chi connectivity index (χ1v) is 12.9. The van der Waals surface area contributed by atoms with Crippen LogP contribution in [0.25, 0.3) is 0 Å². The van der Waals surface area contributed by atoms with E-state index in [1.165, 1.54) is 18.4 Å². The molecule has 0 aliphatic carbocycles. The Balaban J connectivity index is 1.35. The molecule has 1 aromatic carbocycles. The summed E-state index contributed by atoms with van der Waals surface area (Å²) in [6.45, 7) is 10.5. The molecule has 2 aliphatic heterocycles. The molecule has 6 nitrogen and oxygen atoms in total. The maximum absolute atomic E-state index is 13.2. The Morgan fingerprint density at radius 1 is 1.18 bits per heavy atom. The molecule has 3 heterocycles. The molecule has 3 atom stereocenters. The predicted molar refractivity (Wildman–Crippen MR) is 136 cm³/mol. The summed E-state index contributed by atoms with van der Waals surface area (Å²) in [7, 11) is 0. The van der Waals surface area contributed by atoms with Gasteiger partial charge in [-0.15, -0.1) is 0 Å². The van der Waals surface area contributed by atoms with Crippen molar-refractivity contribution in [3.05, 3.63) is 59.9 Å². The van der Waals surface area contributed by atoms with Crippen molar-refractivity contribution < 1.29 is 9.53 Å². The maximum Gasteiger partial charge on any atom is 0.224 e. The van der Waals surface area contributed by atoms with Crippen LogP contribution in [-0.2, 0) is 11.2 Å². The molecule has 0 radical (unpaired) electrons. The smallest absolute Gasteiger partial charge is 0.224 e. The zero-order valence-electron chi connectivity index (χ0n) is 20.8. The van der Waals surface area contributed by atoms with E-state index in [0.717, 1.165) is 63.6 Å². The third-order valence-electron chi connectivity index (χ3n) is 7.33. The second kappa shape index (κ2) is 12.3. The minimum absolute atomic E-state index is 0.00532. The third kappa shape index (κ3) is 7.03. The highest BCUT2D eigenvalue weighted by molar-refractivity contribution is 5.79. The van der Waals surface area contributed by atoms with Gasteiger partial charge in [0, 0.05) is 43.8 Å². The van der Waals surface area contributed by atoms with Crippen molar-refractivity contribution in [1.82, 2.24) is 20.1 Å². The van der Waals surface area contributed by atoms with Crippen molar-refractivity contribution in [2.45, 2.75) is 45.6 Å². The molecule has 2 aromatic rings. The number of likely N-dealkylation sites (tertiary alicyclic amines) is 2. The van der Waals surface area contributed by atoms with E-state index in [1.54, 1.807) is 6.20 Å². The van der Waals surface area contributed by atoms with Gasteiger partial charge in [-0.2, -0.15) is 0 Å². The van der Waals surface area contributed by atoms with Crippen LogP contribution >= 0.6 is 0 Å². The molecule has 6 heteroatoms. The number of nitrogens with zero attached hydrogens (tertiary/aromatic N) is 3. The van der Waals surface area contributed by atoms with E-state index in [4.69, 9.17) is 4.74 Å². The van der Waals surface area contributed by atoms with E-state index in [2.05, 4.69) is 57.4 Å². The summed E-state index contributed by atoms with van der Waals surface area (Å²) < 4.78 is 6.08. The van der Waals surface area contributed by atoms with Gasteiger partial charge < -0.3 is 15.0 Å². The van der Waals surface area contributed by atoms with Crippen LogP contribution in [0.5, 0.6) is 5.75 Å². The number of benzene rings is 1. The highest BCUT2D eigenvalue weighted by Gasteiger charge is 2.33. The van der Waals surface area contributed by atoms with E-state index in [0.29, 0.717) is 18.6 Å². The number of aryl methyl sites for hydroxylation is 1. The monoisotopic (exact) mass is 464 g/mol. The largest absolute Gasteiger partial charge is 0.492 e. The zero-order chi connectivity index (χ0) is 23.8. The van der Waals surface area contributed by atoms with Crippen LogP contribution in [0, 0.1) is 18.8 Å². The molecule has 4 rings (SSSR count). The van der Waals surface area contributed by atoms with Gasteiger partial charge in [0.25, 0.3) is 0 Å². The highest BCUT2D eigenvalue weighted by atomic mass is 16.5. The fourth-order valence-corrected chi connectivity index (χ4v) is 5.39. The lowest BCUT2D eigenvalue weighted by molar-refractivity contribution is -0.127. The summed E-state index contributed by atoms with van der Waals surface area (Å²) in [5.41, 5.74) is 2.33. The number of nitrogens with one attached hydrogen (secondary N) is 1. The Morgan fingerprint density at radius 2 is 2.03 bits per heavy atom. The van der Waals surface area contributed by atoms with Crippen LogP contribution in [0.2, 0.25) is 0 Å². The van der Waals surface area contributed by atoms with Crippen LogP contribution in [-0.4, -0.2) is 72.6 Å². The summed E-state index contributed by atoms with van der Waals surface area (Å²) in [5.74, 6) is 1.33. The first kappa shape index (κ1) is 24.7. The molecule has 0 saturated carbocycles. The Morgan fingerprint density at radius 3 is 2.79 bits per heavy atom. The highest BCUT2D eigenvalue weighted by Crippen LogP contribution is 2.24. The molecule has 1 aromatic heterocycles. The quantitative estimate of drug-likeness (QED) is 0.583. The van der Waals surface area contributed by atoms with E-state index in [1.807, 2.05) is 19.1 Å². The minimum atomic E-state index is 0.00532. The number of piperidine rings is 1. The summed E-state index contributed by atoms with van der Waals surface area (Å²) in [6, 6.07) is 15.0. The van der Waals surface area contributed by atoms with Crippen molar-refractivity contribution in [2.24, 2.45) is 11.8 Å². The average molecular weight is 465 g/mol. The number of pyridine rings is 1. The topological polar surface area (TPSA) is 57.7 Å². The van der Waals surface area contributed by atoms with Gasteiger partial charge in [-0.05, 0) is 63.4 Å². The van der Waals surface area contributed by atoms with Gasteiger partial charge in [0.2, 0.25) is 5.91 Å². The molecule has 0 spiro atoms. The summed E-state index contributed by atoms with van der Waals surface area (Å²) in [4.78, 5) is 22.5. The van der Waals surface area contributed by atoms with Gasteiger partial charge >= 0.3 is 0 Å². The summed E-state index contributed by atoms with van der Waals surface area (Å²) >= 11 is 0. The predicted octanol–water partition coefficient (Wildman–Crippen LogP) is 3.55. The molecule has 184 valence electrons. The first-order valence-electron chi connectivity index (χ1n) is 12.9. The zero-order valence-corrected chi connectivity index (χ0v) is 20.8. The molecule has 2 aliphatic rings. The second-order valence-electron chi connectivity index (χ2n) is 9.91. The summed E-state index contributed by atoms with van der Waals surface area (Å²) in [5, 5.41) is 3.30. The number of hydrogen-bond acceptors (Lipinski definition) is 5. The van der Waals surface area contributed by atoms with Crippen LogP contribution in [0.3, 0.4) is 0 Å². The molecule has 34 heavy (non-hydrogen) atoms. The molecule has 1 N–H and O–H groups in total. The standard InChI is InChI=1S/C28H40N4O2/c1-3-32-14-7-10-26(32)17-30-28(33)25-16-24(21-34-27-12-11-22(2)29-18-27)19-31(20-25)15-13-23-8-5-4-6-9-23/h4-6,8-9,11-12,18,24-26H,3,7,10,13-17,19-21H2,1-2H3,(H,30,33)/t24-,25+,26?/m0/s1. The lowest BCUT2D eigenvalue weighted by Crippen LogP contribution is -2.49. The van der Waals surface area contributed by atoms with Crippen molar-refractivity contribution in [3.63, 3.8) is 0 Å². The van der Waals surface area contributed by atoms with Crippen LogP contribution < -0.4 is 10.1 Å². The number of carbonyl (C=O) groups excluding carboxylic acids is 1. The summed E-state index contributed by atoms with van der Waals surface area (Å²) in [6.07, 6.45) is 6.07. The van der Waals surface area contributed by atoms with Crippen molar-refractivity contribution in [1.29, 1.82) is 0 Å². The number of aromatic nitrogens is 1. The lowest BCUT2D eigenvalue weighted by Gasteiger charge is -2.37. The fraction of sp³-hybridized carbons (Fsp3) is 0.571. The van der Waals surface area contributed by atoms with E-state index in [9.17, 15) is 4.79 Å². The number of ether oxygens (including phenoxy) is 1. The first-order chi connectivity index (χ1) is 16.6. The van der Waals surface area contributed by atoms with Gasteiger partial charge in [-0.1, -0.05) is 37.3 Å². The number of rotatable bonds is 10. The van der Waals surface area contributed by atoms with E-state index >= 15 is 0 Å². The molecule has 1 unspecified atom stereocenters. The molecular formula is C28H40N4O2. The van der Waals surface area contributed by atoms with Crippen LogP contribution in [0.15, 0.2) is 48.7 Å². The number of carbonyl (C=O) groups is 1. The SMILES string of the molecule is CCN1CCCC1CNC(=O)[C@@H]1C[C@H](COc2ccc(C)nc2)CN(CCc2ccccc2)C1. The second-order valence-corrected chi connectivity index (χ2v) is 9.91. The number of likely N-dealkylation sites (N-methyl/N-ethyl adjacent to an activating group) is 1. The minimum Gasteiger partial charge on any atom is -0.492 e. The molecule has 2 fully saturated rings. The normalized spacial score (nSPS) is 23.6. The van der Waals surface area contributed by atoms with E-state index < -0.39 is 0 Å². The third-order valence-corrected chi connectivity index (χ3v) is 7.33. The van der Waals surface area contributed by atoms with Gasteiger partial charge in [0.05, 0.1) is 18.7 Å². The molecule has 0 bridgehead atoms. The Labute approximate surface area is 204 Å². The van der Waals surface area contributed by atoms with Gasteiger partial charge in [-0.3, -0.25) is 14.7 Å². The van der Waals surface area contributed by atoms with Gasteiger partial charge in [0.1, 0.15) is 5.75 Å². The van der Waals surface area contributed by atoms with Crippen molar-refractivity contribution in [2.75, 3.05) is 45.9 Å². The van der Waals surface area contributed by atoms with Crippen LogP contribution in [0.1, 0.15) is 37.4 Å². The van der Waals surface area contributed by atoms with Crippen molar-refractivity contribution >= 4 is 5.91 Å².